The molecule has 0 unspecified atom stereocenters. The van der Waals surface area contributed by atoms with E-state index in [2.05, 4.69) is 45.0 Å². The lowest BCUT2D eigenvalue weighted by Crippen LogP contribution is -2.32. The third-order valence-electron chi connectivity index (χ3n) is 5.26. The number of hydrogen-bond donors (Lipinski definition) is 3. The summed E-state index contributed by atoms with van der Waals surface area (Å²) in [4.78, 5) is 4.94. The Balaban J connectivity index is 2.02. The van der Waals surface area contributed by atoms with Gasteiger partial charge in [-0.05, 0) is 34.7 Å². The van der Waals surface area contributed by atoms with E-state index in [1.807, 2.05) is 36.4 Å². The first-order valence-electron chi connectivity index (χ1n) is 9.88. The lowest BCUT2D eigenvalue weighted by atomic mass is 9.86. The van der Waals surface area contributed by atoms with Crippen LogP contribution in [0.4, 0.5) is 0 Å². The molecule has 4 rings (SSSR count). The van der Waals surface area contributed by atoms with Crippen LogP contribution in [0.15, 0.2) is 72.8 Å². The minimum absolute atomic E-state index is 0.0785. The molecule has 0 fully saturated rings. The molecule has 0 saturated carbocycles. The topological polar surface area (TPSA) is 91.5 Å². The molecule has 5 heteroatoms. The maximum atomic E-state index is 8.17. The molecule has 0 spiro atoms. The summed E-state index contributed by atoms with van der Waals surface area (Å²) < 4.78 is 1.40. The number of pyridine rings is 2. The summed E-state index contributed by atoms with van der Waals surface area (Å²) in [7, 11) is 0. The van der Waals surface area contributed by atoms with Crippen LogP contribution in [0.5, 0.6) is 0 Å². The van der Waals surface area contributed by atoms with Gasteiger partial charge in [-0.1, -0.05) is 75.4 Å². The highest BCUT2D eigenvalue weighted by atomic mass is 15.1. The number of aromatic nitrogens is 2. The van der Waals surface area contributed by atoms with E-state index in [0.29, 0.717) is 11.0 Å². The van der Waals surface area contributed by atoms with Crippen LogP contribution >= 0.6 is 0 Å². The van der Waals surface area contributed by atoms with E-state index in [9.17, 15) is 0 Å². The molecular weight excluding hydrogens is 370 g/mol. The fourth-order valence-corrected chi connectivity index (χ4v) is 3.63. The van der Waals surface area contributed by atoms with Gasteiger partial charge in [0.15, 0.2) is 5.96 Å². The lowest BCUT2D eigenvalue weighted by molar-refractivity contribution is 0.590. The van der Waals surface area contributed by atoms with Gasteiger partial charge in [0.05, 0.1) is 16.7 Å². The number of nitrogens with one attached hydrogen (secondary N) is 2. The molecule has 0 aliphatic heterocycles. The van der Waals surface area contributed by atoms with Crippen LogP contribution in [0.25, 0.3) is 33.4 Å². The summed E-state index contributed by atoms with van der Waals surface area (Å²) in [6.07, 6.45) is 0. The van der Waals surface area contributed by atoms with Crippen LogP contribution in [-0.4, -0.2) is 15.5 Å². The molecule has 0 bridgehead atoms. The number of nitrogens with zero attached hydrogens (tertiary/aromatic N) is 2. The number of rotatable bonds is 2. The van der Waals surface area contributed by atoms with Gasteiger partial charge in [-0.25, -0.2) is 4.98 Å². The summed E-state index contributed by atoms with van der Waals surface area (Å²) in [6, 6.07) is 24.0. The standard InChI is InChI=1S/C25H25N5/c1-25(2,3)18-11-9-17(10-12-18)23-19(16-7-5-4-6-8-16)15-21-20(29-23)13-14-22(26)30(21)24(27)28/h4-15,26H,1-3H3,(H3,27,28). The normalized spacial score (nSPS) is 11.6. The van der Waals surface area contributed by atoms with E-state index in [-0.39, 0.29) is 16.9 Å². The van der Waals surface area contributed by atoms with Gasteiger partial charge in [0.25, 0.3) is 0 Å². The van der Waals surface area contributed by atoms with Crippen molar-refractivity contribution in [3.05, 3.63) is 83.8 Å². The van der Waals surface area contributed by atoms with Gasteiger partial charge in [-0.3, -0.25) is 15.4 Å². The summed E-state index contributed by atoms with van der Waals surface area (Å²) in [5.41, 5.74) is 12.4. The van der Waals surface area contributed by atoms with E-state index in [1.165, 1.54) is 10.1 Å². The smallest absolute Gasteiger partial charge is 0.198 e. The van der Waals surface area contributed by atoms with Gasteiger partial charge in [0.1, 0.15) is 5.49 Å². The highest BCUT2D eigenvalue weighted by molar-refractivity contribution is 5.94. The largest absolute Gasteiger partial charge is 0.369 e. The van der Waals surface area contributed by atoms with E-state index in [1.54, 1.807) is 12.1 Å². The molecule has 2 aromatic heterocycles. The minimum Gasteiger partial charge on any atom is -0.369 e. The Morgan fingerprint density at radius 1 is 0.900 bits per heavy atom. The lowest BCUT2D eigenvalue weighted by Gasteiger charge is -2.20. The minimum atomic E-state index is -0.200. The molecule has 30 heavy (non-hydrogen) atoms. The first kappa shape index (κ1) is 19.6. The third kappa shape index (κ3) is 3.50. The first-order chi connectivity index (χ1) is 14.3. The van der Waals surface area contributed by atoms with Crippen LogP contribution in [-0.2, 0) is 5.41 Å². The number of benzene rings is 2. The van der Waals surface area contributed by atoms with Crippen LogP contribution in [0.3, 0.4) is 0 Å². The summed E-state index contributed by atoms with van der Waals surface area (Å²) >= 11 is 0. The fraction of sp³-hybridized carbons (Fsp3) is 0.160. The van der Waals surface area contributed by atoms with E-state index < -0.39 is 0 Å². The van der Waals surface area contributed by atoms with Crippen LogP contribution in [0, 0.1) is 10.8 Å². The van der Waals surface area contributed by atoms with Gasteiger partial charge < -0.3 is 5.73 Å². The summed E-state index contributed by atoms with van der Waals surface area (Å²) in [5, 5.41) is 16.1. The van der Waals surface area contributed by atoms with Crippen molar-refractivity contribution >= 4 is 17.0 Å². The summed E-state index contributed by atoms with van der Waals surface area (Å²) in [5.74, 6) is -0.200. The molecule has 0 atom stereocenters. The van der Waals surface area contributed by atoms with Crippen molar-refractivity contribution in [2.75, 3.05) is 0 Å². The fourth-order valence-electron chi connectivity index (χ4n) is 3.63. The number of hydrogen-bond acceptors (Lipinski definition) is 3. The zero-order chi connectivity index (χ0) is 21.5. The van der Waals surface area contributed by atoms with Crippen molar-refractivity contribution in [2.45, 2.75) is 26.2 Å². The quantitative estimate of drug-likeness (QED) is 0.333. The van der Waals surface area contributed by atoms with Gasteiger partial charge >= 0.3 is 0 Å². The van der Waals surface area contributed by atoms with Crippen molar-refractivity contribution in [2.24, 2.45) is 5.73 Å². The number of nitrogens with two attached hydrogens (primary N) is 1. The SMILES string of the molecule is CC(C)(C)c1ccc(-c2nc3ccc(=N)n(C(=N)N)c3cc2-c2ccccc2)cc1. The molecule has 2 heterocycles. The van der Waals surface area contributed by atoms with Gasteiger partial charge in [-0.15, -0.1) is 0 Å². The van der Waals surface area contributed by atoms with Crippen LogP contribution < -0.4 is 11.2 Å². The molecule has 0 aliphatic carbocycles. The monoisotopic (exact) mass is 395 g/mol. The molecule has 4 aromatic rings. The van der Waals surface area contributed by atoms with Gasteiger partial charge in [0, 0.05) is 11.1 Å². The van der Waals surface area contributed by atoms with Gasteiger partial charge in [-0.2, -0.15) is 0 Å². The second-order valence-electron chi connectivity index (χ2n) is 8.42. The Kier molecular flexibility index (Phi) is 4.74. The average Bonchev–Trinajstić information content (AvgIpc) is 2.72. The Morgan fingerprint density at radius 3 is 2.17 bits per heavy atom. The molecule has 0 radical (unpaired) electrons. The van der Waals surface area contributed by atoms with Crippen molar-refractivity contribution in [1.82, 2.24) is 9.55 Å². The van der Waals surface area contributed by atoms with Crippen molar-refractivity contribution in [3.8, 4) is 22.4 Å². The zero-order valence-electron chi connectivity index (χ0n) is 17.4. The number of fused-ring (bicyclic) bond motifs is 1. The van der Waals surface area contributed by atoms with E-state index in [0.717, 1.165) is 22.4 Å². The maximum Gasteiger partial charge on any atom is 0.198 e. The molecule has 0 amide bonds. The molecule has 0 aliphatic rings. The molecule has 5 nitrogen and oxygen atoms in total. The highest BCUT2D eigenvalue weighted by Crippen LogP contribution is 2.34. The molecular formula is C25H25N5. The Bertz CT molecular complexity index is 1290. The second-order valence-corrected chi connectivity index (χ2v) is 8.42. The molecule has 0 saturated heterocycles. The Morgan fingerprint density at radius 2 is 1.57 bits per heavy atom. The number of nitrogen functional groups attached to an aromatic ring is 1. The van der Waals surface area contributed by atoms with E-state index in [4.69, 9.17) is 21.5 Å². The van der Waals surface area contributed by atoms with Crippen LogP contribution in [0.2, 0.25) is 0 Å². The average molecular weight is 396 g/mol. The molecule has 4 N–H and O–H groups in total. The molecule has 2 aromatic carbocycles. The van der Waals surface area contributed by atoms with Crippen molar-refractivity contribution in [1.29, 1.82) is 10.8 Å². The zero-order valence-corrected chi connectivity index (χ0v) is 17.4. The van der Waals surface area contributed by atoms with Crippen LogP contribution in [0.1, 0.15) is 26.3 Å². The van der Waals surface area contributed by atoms with Crippen molar-refractivity contribution in [3.63, 3.8) is 0 Å². The summed E-state index contributed by atoms with van der Waals surface area (Å²) in [6.45, 7) is 6.60. The Hall–Kier alpha value is -3.73. The predicted octanol–water partition coefficient (Wildman–Crippen LogP) is 4.89. The van der Waals surface area contributed by atoms with E-state index >= 15 is 0 Å². The maximum absolute atomic E-state index is 8.17. The highest BCUT2D eigenvalue weighted by Gasteiger charge is 2.17. The molecule has 150 valence electrons. The van der Waals surface area contributed by atoms with Gasteiger partial charge in [0.2, 0.25) is 0 Å². The second kappa shape index (κ2) is 7.26. The first-order valence-corrected chi connectivity index (χ1v) is 9.88. The third-order valence-corrected chi connectivity index (χ3v) is 5.26. The predicted molar refractivity (Wildman–Crippen MR) is 122 cm³/mol. The Labute approximate surface area is 175 Å². The van der Waals surface area contributed by atoms with Crippen molar-refractivity contribution < 1.29 is 0 Å².